The van der Waals surface area contributed by atoms with Gasteiger partial charge in [-0.1, -0.05) is 0 Å². The van der Waals surface area contributed by atoms with E-state index in [0.717, 1.165) is 0 Å². The third kappa shape index (κ3) is 18.2. The average molecular weight is 471 g/mol. The summed E-state index contributed by atoms with van der Waals surface area (Å²) in [6.07, 6.45) is 0. The van der Waals surface area contributed by atoms with Gasteiger partial charge >= 0.3 is 51.0 Å². The van der Waals surface area contributed by atoms with Crippen LogP contribution in [0.3, 0.4) is 0 Å². The first-order valence-corrected chi connectivity index (χ1v) is 16.1. The maximum atomic E-state index is 3.27. The van der Waals surface area contributed by atoms with Crippen molar-refractivity contribution in [3.63, 3.8) is 0 Å². The van der Waals surface area contributed by atoms with Gasteiger partial charge in [-0.15, -0.1) is 0 Å². The van der Waals surface area contributed by atoms with Crippen LogP contribution >= 0.6 is 40.5 Å². The minimum absolute atomic E-state index is 0. The molecule has 0 heterocycles. The summed E-state index contributed by atoms with van der Waals surface area (Å²) in [6, 6.07) is 0. The van der Waals surface area contributed by atoms with Gasteiger partial charge in [0.2, 0.25) is 0 Å². The summed E-state index contributed by atoms with van der Waals surface area (Å²) < 4.78 is 0. The predicted molar refractivity (Wildman–Crippen MR) is 32.5 cm³/mol. The molecule has 0 aliphatic carbocycles. The summed E-state index contributed by atoms with van der Waals surface area (Å²) in [6.45, 7) is 0. The van der Waals surface area contributed by atoms with Crippen molar-refractivity contribution < 1.29 is 10.5 Å². The van der Waals surface area contributed by atoms with Gasteiger partial charge in [-0.3, -0.25) is 0 Å². The van der Waals surface area contributed by atoms with E-state index in [1.54, 1.807) is 0 Å². The minimum atomic E-state index is -0.896. The van der Waals surface area contributed by atoms with E-state index in [1.807, 2.05) is 0 Å². The van der Waals surface area contributed by atoms with Crippen molar-refractivity contribution in [1.29, 1.82) is 0 Å². The van der Waals surface area contributed by atoms with Crippen molar-refractivity contribution in [1.82, 2.24) is 0 Å². The van der Waals surface area contributed by atoms with Crippen molar-refractivity contribution in [2.75, 3.05) is 0 Å². The molecule has 0 aromatic heterocycles. The Morgan fingerprint density at radius 2 is 1.00 bits per heavy atom. The first-order valence-electron chi connectivity index (χ1n) is 0.378. The molecule has 0 atom stereocenters. The summed E-state index contributed by atoms with van der Waals surface area (Å²) in [5.74, 6) is 0. The Morgan fingerprint density at radius 3 is 1.00 bits per heavy atom. The van der Waals surface area contributed by atoms with E-state index in [-0.39, 0.29) is 51.4 Å². The van der Waals surface area contributed by atoms with Gasteiger partial charge in [0.15, 0.2) is 0 Å². The Hall–Kier alpha value is 3.73. The quantitative estimate of drug-likeness (QED) is 0.476. The SMILES string of the molecule is [Br][Ir]([Br])[Br].[K]. The standard InChI is InChI=1S/3BrH.Ir.K/h3*1H;;/q;;;+3;/p-3. The third-order valence-electron chi connectivity index (χ3n) is 0. The van der Waals surface area contributed by atoms with Crippen LogP contribution in [0.4, 0.5) is 0 Å². The zero-order chi connectivity index (χ0) is 3.58. The first kappa shape index (κ1) is 11.5. The fourth-order valence-corrected chi connectivity index (χ4v) is 0. The van der Waals surface area contributed by atoms with Crippen LogP contribution in [0.25, 0.3) is 0 Å². The van der Waals surface area contributed by atoms with Crippen LogP contribution in [0.1, 0.15) is 0 Å². The molecule has 0 aromatic carbocycles. The largest absolute Gasteiger partial charge is 0 e. The molecular weight excluding hydrogens is 471 g/mol. The summed E-state index contributed by atoms with van der Waals surface area (Å²) in [4.78, 5) is 0. The van der Waals surface area contributed by atoms with Crippen LogP contribution in [0.5, 0.6) is 0 Å². The average Bonchev–Trinajstić information content (AvgIpc) is 0.811. The molecule has 0 fully saturated rings. The number of halogens is 3. The van der Waals surface area contributed by atoms with Crippen molar-refractivity contribution >= 4 is 91.9 Å². The van der Waals surface area contributed by atoms with Crippen molar-refractivity contribution in [3.8, 4) is 0 Å². The van der Waals surface area contributed by atoms with E-state index >= 15 is 0 Å². The third-order valence-corrected chi connectivity index (χ3v) is 0. The Morgan fingerprint density at radius 1 is 1.00 bits per heavy atom. The van der Waals surface area contributed by atoms with Gasteiger partial charge in [-0.05, 0) is 0 Å². The molecule has 0 rings (SSSR count). The smallest absolute Gasteiger partial charge is 0 e. The van der Waals surface area contributed by atoms with E-state index in [1.165, 1.54) is 0 Å². The van der Waals surface area contributed by atoms with Crippen LogP contribution in [0.15, 0.2) is 0 Å². The molecule has 0 nitrogen and oxygen atoms in total. The van der Waals surface area contributed by atoms with Gasteiger partial charge in [0.1, 0.15) is 0 Å². The van der Waals surface area contributed by atoms with Crippen molar-refractivity contribution in [2.45, 2.75) is 0 Å². The zero-order valence-electron chi connectivity index (χ0n) is 2.47. The Kier molecular flexibility index (Phi) is 17.8. The predicted octanol–water partition coefficient (Wildman–Crippen LogP) is 2.15. The summed E-state index contributed by atoms with van der Waals surface area (Å²) in [7, 11) is -0.896. The molecule has 0 saturated carbocycles. The molecule has 0 unspecified atom stereocenters. The first-order chi connectivity index (χ1) is 1.73. The van der Waals surface area contributed by atoms with E-state index < -0.39 is 10.5 Å². The van der Waals surface area contributed by atoms with E-state index in [0.29, 0.717) is 0 Å². The van der Waals surface area contributed by atoms with Gasteiger partial charge in [-0.2, -0.15) is 0 Å². The molecule has 0 bridgehead atoms. The second-order valence-corrected chi connectivity index (χ2v) is 31.6. The van der Waals surface area contributed by atoms with Crippen molar-refractivity contribution in [2.24, 2.45) is 0 Å². The Balaban J connectivity index is 0. The molecule has 0 amide bonds. The fourth-order valence-electron chi connectivity index (χ4n) is 0. The summed E-state index contributed by atoms with van der Waals surface area (Å²) in [5, 5.41) is 0. The molecule has 1 radical (unpaired) electrons. The van der Waals surface area contributed by atoms with E-state index in [2.05, 4.69) is 40.5 Å². The van der Waals surface area contributed by atoms with Crippen LogP contribution in [0.2, 0.25) is 0 Å². The zero-order valence-corrected chi connectivity index (χ0v) is 12.7. The van der Waals surface area contributed by atoms with E-state index in [4.69, 9.17) is 0 Å². The Labute approximate surface area is 99.2 Å². The number of hydrogen-bond donors (Lipinski definition) is 0. The number of hydrogen-bond acceptors (Lipinski definition) is 0. The topological polar surface area (TPSA) is 0 Å². The van der Waals surface area contributed by atoms with Crippen LogP contribution in [-0.2, 0) is 10.5 Å². The second-order valence-electron chi connectivity index (χ2n) is 0.143. The maximum Gasteiger partial charge on any atom is 0 e. The normalized spacial score (nSPS) is 9.00. The molecule has 0 aliphatic rings. The molecule has 0 aromatic rings. The monoisotopic (exact) mass is 469 g/mol. The molecule has 5 heavy (non-hydrogen) atoms. The van der Waals surface area contributed by atoms with Gasteiger partial charge in [0, 0.05) is 51.4 Å². The molecule has 0 aliphatic heterocycles. The Bertz CT molecular complexity index is 11.6. The van der Waals surface area contributed by atoms with Crippen LogP contribution in [-0.4, -0.2) is 51.4 Å². The molecule has 0 spiro atoms. The number of rotatable bonds is 0. The molecule has 31 valence electrons. The van der Waals surface area contributed by atoms with Crippen LogP contribution < -0.4 is 0 Å². The van der Waals surface area contributed by atoms with Gasteiger partial charge in [0.25, 0.3) is 0 Å². The van der Waals surface area contributed by atoms with Gasteiger partial charge < -0.3 is 0 Å². The summed E-state index contributed by atoms with van der Waals surface area (Å²) >= 11 is 9.81. The molecular formula is Br3IrK. The maximum absolute atomic E-state index is 3.27. The molecule has 0 N–H and O–H groups in total. The van der Waals surface area contributed by atoms with Gasteiger partial charge in [0.05, 0.1) is 0 Å². The summed E-state index contributed by atoms with van der Waals surface area (Å²) in [5.41, 5.74) is 0. The minimum Gasteiger partial charge on any atom is 0 e. The van der Waals surface area contributed by atoms with E-state index in [9.17, 15) is 0 Å². The fraction of sp³-hybridized carbons (Fsp3) is 0. The van der Waals surface area contributed by atoms with Crippen LogP contribution in [0, 0.1) is 0 Å². The second kappa shape index (κ2) is 7.73. The van der Waals surface area contributed by atoms with Crippen molar-refractivity contribution in [3.05, 3.63) is 0 Å². The molecule has 5 heteroatoms. The molecule has 0 saturated heterocycles. The van der Waals surface area contributed by atoms with Gasteiger partial charge in [-0.25, -0.2) is 0 Å².